The first-order chi connectivity index (χ1) is 15.4. The summed E-state index contributed by atoms with van der Waals surface area (Å²) in [7, 11) is -1.58. The van der Waals surface area contributed by atoms with Crippen LogP contribution in [-0.2, 0) is 29.2 Å². The van der Waals surface area contributed by atoms with Gasteiger partial charge in [0.25, 0.3) is 5.56 Å². The summed E-state index contributed by atoms with van der Waals surface area (Å²) >= 11 is 0. The van der Waals surface area contributed by atoms with Gasteiger partial charge >= 0.3 is 0 Å². The van der Waals surface area contributed by atoms with Gasteiger partial charge in [-0.15, -0.1) is 0 Å². The van der Waals surface area contributed by atoms with Gasteiger partial charge in [-0.3, -0.25) is 4.79 Å². The van der Waals surface area contributed by atoms with Crippen LogP contribution in [-0.4, -0.2) is 40.9 Å². The summed E-state index contributed by atoms with van der Waals surface area (Å²) in [6.45, 7) is 9.33. The normalized spacial score (nSPS) is 15.2. The molecule has 0 aliphatic carbocycles. The molecule has 0 fully saturated rings. The number of unbranched alkanes of at least 4 members (excludes halogenated alkanes) is 1. The molecule has 1 aliphatic rings. The number of sulfone groups is 1. The second-order valence-electron chi connectivity index (χ2n) is 9.62. The summed E-state index contributed by atoms with van der Waals surface area (Å²) in [6.07, 6.45) is 5.03. The third-order valence-electron chi connectivity index (χ3n) is 5.99. The average molecular weight is 473 g/mol. The molecule has 0 unspecified atom stereocenters. The van der Waals surface area contributed by atoms with Gasteiger partial charge in [-0.25, -0.2) is 13.4 Å². The molecule has 178 valence electrons. The van der Waals surface area contributed by atoms with E-state index in [1.165, 1.54) is 10.8 Å². The number of benzene rings is 1. The third-order valence-corrected chi connectivity index (χ3v) is 6.82. The number of aromatic nitrogens is 3. The third kappa shape index (κ3) is 4.51. The molecular weight excluding hydrogens is 440 g/mol. The second-order valence-corrected chi connectivity index (χ2v) is 11.8. The standard InChI is InChI=1S/C24H32N4O4S/c1-7-8-9-28-15(2)26-20-17(13-33(6,30)31)10-16(11-19(20)28)18-12-27(5)23(29)21-22(18)32-24(3,4)14-25-21/h10-12,25H,7-9,13-14H2,1-6H3. The fraction of sp³-hybridized carbons (Fsp3) is 0.500. The molecule has 2 aromatic heterocycles. The topological polar surface area (TPSA) is 95.2 Å². The lowest BCUT2D eigenvalue weighted by molar-refractivity contribution is 0.116. The van der Waals surface area contributed by atoms with Crippen LogP contribution in [0.5, 0.6) is 5.75 Å². The molecule has 0 bridgehead atoms. The highest BCUT2D eigenvalue weighted by atomic mass is 32.2. The molecule has 3 aromatic rings. The Labute approximate surface area is 194 Å². The quantitative estimate of drug-likeness (QED) is 0.589. The number of fused-ring (bicyclic) bond motifs is 2. The number of aryl methyl sites for hydroxylation is 3. The van der Waals surface area contributed by atoms with Gasteiger partial charge in [0.15, 0.2) is 15.6 Å². The summed E-state index contributed by atoms with van der Waals surface area (Å²) in [6, 6.07) is 3.90. The molecule has 1 aromatic carbocycles. The van der Waals surface area contributed by atoms with E-state index in [1.807, 2.05) is 32.9 Å². The van der Waals surface area contributed by atoms with Crippen molar-refractivity contribution in [2.45, 2.75) is 58.4 Å². The van der Waals surface area contributed by atoms with Crippen molar-refractivity contribution in [3.63, 3.8) is 0 Å². The van der Waals surface area contributed by atoms with Gasteiger partial charge in [-0.2, -0.15) is 0 Å². The molecule has 0 atom stereocenters. The van der Waals surface area contributed by atoms with Gasteiger partial charge in [-0.05, 0) is 50.5 Å². The molecule has 9 heteroatoms. The summed E-state index contributed by atoms with van der Waals surface area (Å²) in [5.41, 5.74) is 3.55. The largest absolute Gasteiger partial charge is 0.483 e. The molecule has 0 amide bonds. The molecule has 33 heavy (non-hydrogen) atoms. The Hall–Kier alpha value is -2.81. The fourth-order valence-electron chi connectivity index (χ4n) is 4.36. The summed E-state index contributed by atoms with van der Waals surface area (Å²) in [4.78, 5) is 17.5. The van der Waals surface area contributed by atoms with Gasteiger partial charge < -0.3 is 19.2 Å². The number of nitrogens with zero attached hydrogens (tertiary/aromatic N) is 3. The molecule has 1 aliphatic heterocycles. The minimum Gasteiger partial charge on any atom is -0.483 e. The SMILES string of the molecule is CCCCn1c(C)nc2c(CS(C)(=O)=O)cc(-c3cn(C)c(=O)c4c3OC(C)(C)CN4)cc21. The maximum absolute atomic E-state index is 12.8. The first-order valence-electron chi connectivity index (χ1n) is 11.2. The van der Waals surface area contributed by atoms with Crippen LogP contribution < -0.4 is 15.6 Å². The predicted octanol–water partition coefficient (Wildman–Crippen LogP) is 3.64. The van der Waals surface area contributed by atoms with Crippen molar-refractivity contribution in [2.24, 2.45) is 7.05 Å². The van der Waals surface area contributed by atoms with E-state index in [0.717, 1.165) is 41.9 Å². The smallest absolute Gasteiger partial charge is 0.277 e. The van der Waals surface area contributed by atoms with Crippen molar-refractivity contribution >= 4 is 26.6 Å². The first-order valence-corrected chi connectivity index (χ1v) is 13.3. The Bertz CT molecular complexity index is 1400. The van der Waals surface area contributed by atoms with E-state index >= 15 is 0 Å². The minimum atomic E-state index is -3.29. The van der Waals surface area contributed by atoms with Gasteiger partial charge in [0.05, 0.1) is 23.3 Å². The zero-order valence-electron chi connectivity index (χ0n) is 20.2. The maximum Gasteiger partial charge on any atom is 0.277 e. The van der Waals surface area contributed by atoms with Crippen molar-refractivity contribution in [1.29, 1.82) is 0 Å². The number of anilines is 1. The van der Waals surface area contributed by atoms with Crippen molar-refractivity contribution in [3.05, 3.63) is 40.1 Å². The zero-order chi connectivity index (χ0) is 24.1. The Kier molecular flexibility index (Phi) is 5.80. The number of ether oxygens (including phenoxy) is 1. The lowest BCUT2D eigenvalue weighted by Crippen LogP contribution is -2.42. The van der Waals surface area contributed by atoms with Crippen LogP contribution in [0.2, 0.25) is 0 Å². The monoisotopic (exact) mass is 472 g/mol. The van der Waals surface area contributed by atoms with Crippen molar-refractivity contribution in [3.8, 4) is 16.9 Å². The van der Waals surface area contributed by atoms with Gasteiger partial charge in [0.2, 0.25) is 0 Å². The van der Waals surface area contributed by atoms with Crippen LogP contribution >= 0.6 is 0 Å². The molecule has 0 saturated carbocycles. The zero-order valence-corrected chi connectivity index (χ0v) is 21.0. The second kappa shape index (κ2) is 8.20. The number of imidazole rings is 1. The molecule has 0 spiro atoms. The first kappa shape index (κ1) is 23.4. The fourth-order valence-corrected chi connectivity index (χ4v) is 5.14. The maximum atomic E-state index is 12.8. The molecule has 3 heterocycles. The van der Waals surface area contributed by atoms with E-state index in [2.05, 4.69) is 16.8 Å². The summed E-state index contributed by atoms with van der Waals surface area (Å²) < 4.78 is 34.5. The van der Waals surface area contributed by atoms with Gasteiger partial charge in [-0.1, -0.05) is 13.3 Å². The van der Waals surface area contributed by atoms with Gasteiger partial charge in [0, 0.05) is 31.6 Å². The van der Waals surface area contributed by atoms with Crippen molar-refractivity contribution in [2.75, 3.05) is 18.1 Å². The van der Waals surface area contributed by atoms with E-state index in [-0.39, 0.29) is 11.3 Å². The van der Waals surface area contributed by atoms with Crippen LogP contribution in [0.4, 0.5) is 5.69 Å². The minimum absolute atomic E-state index is 0.111. The van der Waals surface area contributed by atoms with E-state index in [4.69, 9.17) is 9.72 Å². The highest BCUT2D eigenvalue weighted by molar-refractivity contribution is 7.89. The number of hydrogen-bond acceptors (Lipinski definition) is 6. The van der Waals surface area contributed by atoms with Crippen LogP contribution in [0.1, 0.15) is 45.0 Å². The Morgan fingerprint density at radius 2 is 2.00 bits per heavy atom. The number of rotatable bonds is 6. The lowest BCUT2D eigenvalue weighted by atomic mass is 10.00. The predicted molar refractivity (Wildman–Crippen MR) is 132 cm³/mol. The number of nitrogens with one attached hydrogen (secondary N) is 1. The van der Waals surface area contributed by atoms with Gasteiger partial charge in [0.1, 0.15) is 17.1 Å². The lowest BCUT2D eigenvalue weighted by Gasteiger charge is -2.34. The summed E-state index contributed by atoms with van der Waals surface area (Å²) in [5, 5.41) is 3.23. The Balaban J connectivity index is 2.02. The number of pyridine rings is 1. The molecule has 1 N–H and O–H groups in total. The average Bonchev–Trinajstić information content (AvgIpc) is 3.02. The molecule has 0 saturated heterocycles. The van der Waals surface area contributed by atoms with E-state index in [9.17, 15) is 13.2 Å². The number of hydrogen-bond donors (Lipinski definition) is 1. The van der Waals surface area contributed by atoms with E-state index in [0.29, 0.717) is 29.1 Å². The van der Waals surface area contributed by atoms with E-state index in [1.54, 1.807) is 13.2 Å². The summed E-state index contributed by atoms with van der Waals surface area (Å²) in [5.74, 6) is 1.24. The van der Waals surface area contributed by atoms with Crippen LogP contribution in [0.15, 0.2) is 23.1 Å². The molecule has 4 rings (SSSR count). The molecular formula is C24H32N4O4S. The van der Waals surface area contributed by atoms with Crippen molar-refractivity contribution < 1.29 is 13.2 Å². The van der Waals surface area contributed by atoms with E-state index < -0.39 is 15.4 Å². The molecule has 8 nitrogen and oxygen atoms in total. The van der Waals surface area contributed by atoms with Crippen LogP contribution in [0.3, 0.4) is 0 Å². The van der Waals surface area contributed by atoms with Crippen LogP contribution in [0, 0.1) is 6.92 Å². The molecule has 0 radical (unpaired) electrons. The van der Waals surface area contributed by atoms with Crippen LogP contribution in [0.25, 0.3) is 22.2 Å². The highest BCUT2D eigenvalue weighted by Gasteiger charge is 2.31. The van der Waals surface area contributed by atoms with Crippen molar-refractivity contribution in [1.82, 2.24) is 14.1 Å². The Morgan fingerprint density at radius 3 is 2.67 bits per heavy atom. The highest BCUT2D eigenvalue weighted by Crippen LogP contribution is 2.41. The Morgan fingerprint density at radius 1 is 1.27 bits per heavy atom.